The first kappa shape index (κ1) is 29.2. The van der Waals surface area contributed by atoms with Gasteiger partial charge < -0.3 is 4.74 Å². The minimum Gasteiger partial charge on any atom is -0.464 e. The van der Waals surface area contributed by atoms with Crippen LogP contribution in [0.3, 0.4) is 0 Å². The summed E-state index contributed by atoms with van der Waals surface area (Å²) in [5, 5.41) is 0.250. The van der Waals surface area contributed by atoms with Crippen LogP contribution in [0, 0.1) is 0 Å². The number of anilines is 2. The minimum atomic E-state index is -4.29. The highest BCUT2D eigenvalue weighted by Crippen LogP contribution is 2.36. The van der Waals surface area contributed by atoms with E-state index in [9.17, 15) is 21.6 Å². The number of rotatable bonds is 11. The molecule has 39 heavy (non-hydrogen) atoms. The van der Waals surface area contributed by atoms with E-state index in [-0.39, 0.29) is 39.5 Å². The Morgan fingerprint density at radius 3 is 2.33 bits per heavy atom. The molecule has 0 amide bonds. The Hall–Kier alpha value is -2.79. The molecular formula is C27H28Cl2N2O6S2. The summed E-state index contributed by atoms with van der Waals surface area (Å²) >= 11 is 12.1. The molecule has 0 aromatic heterocycles. The molecule has 3 aromatic rings. The maximum atomic E-state index is 13.7. The van der Waals surface area contributed by atoms with E-state index in [1.54, 1.807) is 36.4 Å². The lowest BCUT2D eigenvalue weighted by Gasteiger charge is -2.25. The standard InChI is InChI=1S/C27H28Cl2N2O6S2/c1-2-3-13-37-27(32)18-31(39(35,36)25-16-22(28)15-23(29)17-25)24-9-10-26-21(14-24)11-12-30(26)38(33,34)19-20-7-5-4-6-8-20/h4-10,14-17H,2-3,11-13,18-19H2,1H3. The Kier molecular flexibility index (Phi) is 9.10. The van der Waals surface area contributed by atoms with Crippen molar-refractivity contribution in [3.63, 3.8) is 0 Å². The second kappa shape index (κ2) is 12.2. The zero-order valence-electron chi connectivity index (χ0n) is 21.2. The Labute approximate surface area is 239 Å². The summed E-state index contributed by atoms with van der Waals surface area (Å²) in [6.07, 6.45) is 1.84. The summed E-state index contributed by atoms with van der Waals surface area (Å²) in [4.78, 5) is 12.5. The largest absolute Gasteiger partial charge is 0.464 e. The second-order valence-corrected chi connectivity index (χ2v) is 13.7. The van der Waals surface area contributed by atoms with Crippen molar-refractivity contribution in [1.82, 2.24) is 0 Å². The first-order chi connectivity index (χ1) is 18.5. The molecule has 0 bridgehead atoms. The SMILES string of the molecule is CCCCOC(=O)CN(c1ccc2c(c1)CCN2S(=O)(=O)Cc1ccccc1)S(=O)(=O)c1cc(Cl)cc(Cl)c1. The normalized spacial score (nSPS) is 13.3. The maximum Gasteiger partial charge on any atom is 0.326 e. The van der Waals surface area contributed by atoms with E-state index < -0.39 is 32.6 Å². The number of halogens is 2. The van der Waals surface area contributed by atoms with Gasteiger partial charge in [-0.3, -0.25) is 13.4 Å². The van der Waals surface area contributed by atoms with Crippen LogP contribution in [0.1, 0.15) is 30.9 Å². The van der Waals surface area contributed by atoms with E-state index >= 15 is 0 Å². The molecule has 0 atom stereocenters. The highest BCUT2D eigenvalue weighted by molar-refractivity contribution is 7.93. The summed E-state index contributed by atoms with van der Waals surface area (Å²) in [6, 6.07) is 17.4. The van der Waals surface area contributed by atoms with Gasteiger partial charge in [0.2, 0.25) is 10.0 Å². The first-order valence-corrected chi connectivity index (χ1v) is 16.1. The number of ether oxygens (including phenoxy) is 1. The van der Waals surface area contributed by atoms with Gasteiger partial charge in [0.25, 0.3) is 10.0 Å². The number of sulfonamides is 2. The van der Waals surface area contributed by atoms with Crippen molar-refractivity contribution in [2.45, 2.75) is 36.8 Å². The fourth-order valence-corrected chi connectivity index (χ4v) is 8.02. The summed E-state index contributed by atoms with van der Waals surface area (Å²) in [6.45, 7) is 1.76. The molecule has 0 saturated heterocycles. The summed E-state index contributed by atoms with van der Waals surface area (Å²) < 4.78 is 61.4. The van der Waals surface area contributed by atoms with E-state index in [0.29, 0.717) is 29.7 Å². The van der Waals surface area contributed by atoms with Crippen molar-refractivity contribution in [2.24, 2.45) is 0 Å². The van der Waals surface area contributed by atoms with Crippen molar-refractivity contribution in [2.75, 3.05) is 28.3 Å². The van der Waals surface area contributed by atoms with Crippen LogP contribution >= 0.6 is 23.2 Å². The van der Waals surface area contributed by atoms with Gasteiger partial charge >= 0.3 is 5.97 Å². The molecule has 8 nitrogen and oxygen atoms in total. The van der Waals surface area contributed by atoms with Gasteiger partial charge in [-0.05, 0) is 60.4 Å². The van der Waals surface area contributed by atoms with E-state index in [1.807, 2.05) is 13.0 Å². The third-order valence-electron chi connectivity index (χ3n) is 6.19. The Morgan fingerprint density at radius 1 is 0.974 bits per heavy atom. The van der Waals surface area contributed by atoms with Gasteiger partial charge in [-0.2, -0.15) is 0 Å². The molecule has 0 unspecified atom stereocenters. The maximum absolute atomic E-state index is 13.7. The van der Waals surface area contributed by atoms with Gasteiger partial charge in [0.05, 0.1) is 28.6 Å². The quantitative estimate of drug-likeness (QED) is 0.212. The van der Waals surface area contributed by atoms with Gasteiger partial charge in [-0.15, -0.1) is 0 Å². The number of esters is 1. The second-order valence-electron chi connectivity index (χ2n) is 9.07. The smallest absolute Gasteiger partial charge is 0.326 e. The number of carbonyl (C=O) groups is 1. The average molecular weight is 612 g/mol. The van der Waals surface area contributed by atoms with E-state index in [4.69, 9.17) is 27.9 Å². The highest BCUT2D eigenvalue weighted by Gasteiger charge is 2.33. The first-order valence-electron chi connectivity index (χ1n) is 12.3. The van der Waals surface area contributed by atoms with Crippen LogP contribution in [0.5, 0.6) is 0 Å². The van der Waals surface area contributed by atoms with Crippen LogP contribution < -0.4 is 8.61 Å². The molecule has 208 valence electrons. The Balaban J connectivity index is 1.68. The fraction of sp³-hybridized carbons (Fsp3) is 0.296. The van der Waals surface area contributed by atoms with Crippen LogP contribution in [0.2, 0.25) is 10.0 Å². The minimum absolute atomic E-state index is 0.125. The lowest BCUT2D eigenvalue weighted by Crippen LogP contribution is -2.37. The predicted molar refractivity (Wildman–Crippen MR) is 153 cm³/mol. The van der Waals surface area contributed by atoms with Gasteiger partial charge in [-0.25, -0.2) is 16.8 Å². The molecule has 0 N–H and O–H groups in total. The Bertz CT molecular complexity index is 1540. The van der Waals surface area contributed by atoms with Gasteiger partial charge in [0, 0.05) is 16.6 Å². The molecule has 0 spiro atoms. The number of benzene rings is 3. The van der Waals surface area contributed by atoms with Gasteiger partial charge in [0.15, 0.2) is 0 Å². The van der Waals surface area contributed by atoms with Crippen molar-refractivity contribution in [1.29, 1.82) is 0 Å². The molecule has 0 radical (unpaired) electrons. The third-order valence-corrected chi connectivity index (χ3v) is 10.1. The topological polar surface area (TPSA) is 101 Å². The monoisotopic (exact) mass is 610 g/mol. The molecule has 12 heteroatoms. The van der Waals surface area contributed by atoms with E-state index in [1.165, 1.54) is 28.6 Å². The van der Waals surface area contributed by atoms with Crippen LogP contribution in [0.4, 0.5) is 11.4 Å². The zero-order valence-corrected chi connectivity index (χ0v) is 24.4. The fourth-order valence-electron chi connectivity index (χ4n) is 4.28. The molecule has 0 fully saturated rings. The lowest BCUT2D eigenvalue weighted by atomic mass is 10.1. The van der Waals surface area contributed by atoms with Gasteiger partial charge in [-0.1, -0.05) is 66.9 Å². The van der Waals surface area contributed by atoms with Crippen LogP contribution in [-0.2, 0) is 41.8 Å². The molecular weight excluding hydrogens is 583 g/mol. The van der Waals surface area contributed by atoms with Crippen molar-refractivity contribution < 1.29 is 26.4 Å². The number of unbranched alkanes of at least 4 members (excludes halogenated alkanes) is 1. The molecule has 1 aliphatic rings. The van der Waals surface area contributed by atoms with Crippen LogP contribution in [0.25, 0.3) is 0 Å². The summed E-state index contributed by atoms with van der Waals surface area (Å²) in [7, 11) is -7.97. The Morgan fingerprint density at radius 2 is 1.67 bits per heavy atom. The van der Waals surface area contributed by atoms with E-state index in [2.05, 4.69) is 0 Å². The molecule has 3 aromatic carbocycles. The lowest BCUT2D eigenvalue weighted by molar-refractivity contribution is -0.141. The molecule has 0 aliphatic carbocycles. The zero-order chi connectivity index (χ0) is 28.2. The number of nitrogens with zero attached hydrogens (tertiary/aromatic N) is 2. The van der Waals surface area contributed by atoms with E-state index in [0.717, 1.165) is 10.7 Å². The van der Waals surface area contributed by atoms with Crippen LogP contribution in [-0.4, -0.2) is 42.5 Å². The van der Waals surface area contributed by atoms with Crippen molar-refractivity contribution >= 4 is 60.6 Å². The number of hydrogen-bond acceptors (Lipinski definition) is 6. The molecule has 0 saturated carbocycles. The predicted octanol–water partition coefficient (Wildman–Crippen LogP) is 5.42. The molecule has 1 heterocycles. The van der Waals surface area contributed by atoms with Crippen molar-refractivity contribution in [3.8, 4) is 0 Å². The average Bonchev–Trinajstić information content (AvgIpc) is 3.31. The highest BCUT2D eigenvalue weighted by atomic mass is 35.5. The number of carbonyl (C=O) groups excluding carboxylic acids is 1. The molecule has 4 rings (SSSR count). The van der Waals surface area contributed by atoms with Crippen LogP contribution in [0.15, 0.2) is 71.6 Å². The van der Waals surface area contributed by atoms with Gasteiger partial charge in [0.1, 0.15) is 6.54 Å². The van der Waals surface area contributed by atoms with Crippen molar-refractivity contribution in [3.05, 3.63) is 87.9 Å². The summed E-state index contributed by atoms with van der Waals surface area (Å²) in [5.41, 5.74) is 1.98. The summed E-state index contributed by atoms with van der Waals surface area (Å²) in [5.74, 6) is -0.873. The molecule has 1 aliphatic heterocycles. The third kappa shape index (κ3) is 6.87. The number of fused-ring (bicyclic) bond motifs is 1. The number of hydrogen-bond donors (Lipinski definition) is 0.